The van der Waals surface area contributed by atoms with E-state index in [0.717, 1.165) is 48.3 Å². The molecule has 0 spiro atoms. The first-order chi connectivity index (χ1) is 17.5. The summed E-state index contributed by atoms with van der Waals surface area (Å²) in [5.74, 6) is -0.325. The fraction of sp³-hybridized carbons (Fsp3) is 0.538. The number of aryl methyl sites for hydroxylation is 2. The molecule has 36 heavy (non-hydrogen) atoms. The van der Waals surface area contributed by atoms with Gasteiger partial charge in [0.15, 0.2) is 0 Å². The number of aromatic nitrogens is 6. The van der Waals surface area contributed by atoms with E-state index in [4.69, 9.17) is 19.6 Å². The van der Waals surface area contributed by atoms with Gasteiger partial charge in [-0.25, -0.2) is 9.67 Å². The van der Waals surface area contributed by atoms with Crippen molar-refractivity contribution in [1.29, 1.82) is 0 Å². The quantitative estimate of drug-likeness (QED) is 0.468. The third-order valence-electron chi connectivity index (χ3n) is 7.14. The Hall–Kier alpha value is -3.40. The molecule has 1 aliphatic heterocycles. The molecule has 1 saturated carbocycles. The molecule has 1 N–H and O–H groups in total. The molecule has 3 aromatic rings. The topological polar surface area (TPSA) is 125 Å². The van der Waals surface area contributed by atoms with Crippen LogP contribution in [0.4, 0.5) is 0 Å². The van der Waals surface area contributed by atoms with Crippen LogP contribution in [0.3, 0.4) is 0 Å². The molecule has 2 aliphatic rings. The summed E-state index contributed by atoms with van der Waals surface area (Å²) < 4.78 is 13.8. The average Bonchev–Trinajstić information content (AvgIpc) is 3.21. The van der Waals surface area contributed by atoms with Crippen LogP contribution in [-0.2, 0) is 29.6 Å². The number of aliphatic carboxylic acids is 1. The van der Waals surface area contributed by atoms with E-state index in [1.165, 1.54) is 19.3 Å². The molecule has 10 nitrogen and oxygen atoms in total. The van der Waals surface area contributed by atoms with Gasteiger partial charge < -0.3 is 14.6 Å². The van der Waals surface area contributed by atoms with Gasteiger partial charge in [0.2, 0.25) is 0 Å². The zero-order valence-corrected chi connectivity index (χ0v) is 20.8. The Kier molecular flexibility index (Phi) is 7.22. The highest BCUT2D eigenvalue weighted by molar-refractivity contribution is 5.67. The lowest BCUT2D eigenvalue weighted by Gasteiger charge is -2.30. The summed E-state index contributed by atoms with van der Waals surface area (Å²) in [4.78, 5) is 24.9. The molecular weight excluding hydrogens is 460 g/mol. The minimum Gasteiger partial charge on any atom is -0.481 e. The lowest BCUT2D eigenvalue weighted by Crippen LogP contribution is -2.25. The number of carbonyl (C=O) groups is 1. The van der Waals surface area contributed by atoms with Crippen molar-refractivity contribution in [2.75, 3.05) is 0 Å². The van der Waals surface area contributed by atoms with Gasteiger partial charge in [-0.15, -0.1) is 5.10 Å². The van der Waals surface area contributed by atoms with E-state index >= 15 is 0 Å². The minimum atomic E-state index is -0.831. The Morgan fingerprint density at radius 2 is 2.00 bits per heavy atom. The monoisotopic (exact) mass is 492 g/mol. The zero-order valence-electron chi connectivity index (χ0n) is 20.8. The van der Waals surface area contributed by atoms with Crippen LogP contribution in [0.2, 0.25) is 0 Å². The SMILES string of the molecule is CCc1nc(-c2nnn(C)c2COc2nccc(C3CCC3)n2)ccc1[C@H]1CCC[C@H](CC(=O)O)O1. The fourth-order valence-electron chi connectivity index (χ4n) is 4.92. The maximum absolute atomic E-state index is 11.2. The predicted molar refractivity (Wildman–Crippen MR) is 130 cm³/mol. The third kappa shape index (κ3) is 5.23. The summed E-state index contributed by atoms with van der Waals surface area (Å²) in [6.45, 7) is 2.28. The first-order valence-corrected chi connectivity index (χ1v) is 12.7. The molecule has 0 amide bonds. The smallest absolute Gasteiger partial charge is 0.316 e. The van der Waals surface area contributed by atoms with Crippen molar-refractivity contribution in [2.24, 2.45) is 7.05 Å². The maximum Gasteiger partial charge on any atom is 0.316 e. The Balaban J connectivity index is 1.34. The van der Waals surface area contributed by atoms with Crippen molar-refractivity contribution < 1.29 is 19.4 Å². The second-order valence-corrected chi connectivity index (χ2v) is 9.55. The van der Waals surface area contributed by atoms with Crippen LogP contribution in [0.25, 0.3) is 11.4 Å². The van der Waals surface area contributed by atoms with Crippen molar-refractivity contribution in [3.63, 3.8) is 0 Å². The lowest BCUT2D eigenvalue weighted by molar-refractivity contribution is -0.143. The average molecular weight is 493 g/mol. The second kappa shape index (κ2) is 10.7. The Bertz CT molecular complexity index is 1220. The number of pyridine rings is 1. The van der Waals surface area contributed by atoms with Crippen LogP contribution in [0.5, 0.6) is 6.01 Å². The molecule has 10 heteroatoms. The summed E-state index contributed by atoms with van der Waals surface area (Å²) in [6, 6.07) is 6.28. The van der Waals surface area contributed by atoms with E-state index in [2.05, 4.69) is 27.2 Å². The van der Waals surface area contributed by atoms with Crippen LogP contribution in [0, 0.1) is 0 Å². The Morgan fingerprint density at radius 1 is 1.17 bits per heavy atom. The van der Waals surface area contributed by atoms with Crippen molar-refractivity contribution in [3.8, 4) is 17.4 Å². The zero-order chi connectivity index (χ0) is 25.1. The molecule has 2 atom stereocenters. The molecule has 190 valence electrons. The van der Waals surface area contributed by atoms with Gasteiger partial charge in [0, 0.05) is 30.4 Å². The standard InChI is InChI=1S/C26H32N6O4/c1-3-19-18(23-9-5-8-17(36-23)14-24(33)34)10-11-21(28-19)25-22(32(2)31-30-25)15-35-26-27-13-12-20(29-26)16-6-4-7-16/h10-13,16-17,23H,3-9,14-15H2,1-2H3,(H,33,34)/t17-,23-/m1/s1. The summed E-state index contributed by atoms with van der Waals surface area (Å²) in [6.07, 6.45) is 8.23. The van der Waals surface area contributed by atoms with E-state index < -0.39 is 5.97 Å². The number of rotatable bonds is 9. The molecule has 0 bridgehead atoms. The van der Waals surface area contributed by atoms with Gasteiger partial charge in [-0.2, -0.15) is 4.98 Å². The van der Waals surface area contributed by atoms with Crippen molar-refractivity contribution in [1.82, 2.24) is 29.9 Å². The number of carboxylic acids is 1. The van der Waals surface area contributed by atoms with Gasteiger partial charge in [0.05, 0.1) is 30.0 Å². The molecule has 0 aromatic carbocycles. The van der Waals surface area contributed by atoms with Gasteiger partial charge in [0.25, 0.3) is 0 Å². The lowest BCUT2D eigenvalue weighted by atomic mass is 9.83. The summed E-state index contributed by atoms with van der Waals surface area (Å²) in [5, 5.41) is 17.7. The van der Waals surface area contributed by atoms with Crippen molar-refractivity contribution in [2.45, 2.75) is 83.0 Å². The molecule has 5 rings (SSSR count). The molecule has 0 unspecified atom stereocenters. The van der Waals surface area contributed by atoms with E-state index in [9.17, 15) is 4.79 Å². The van der Waals surface area contributed by atoms with Crippen molar-refractivity contribution in [3.05, 3.63) is 47.0 Å². The van der Waals surface area contributed by atoms with E-state index in [-0.39, 0.29) is 25.2 Å². The predicted octanol–water partition coefficient (Wildman–Crippen LogP) is 4.16. The number of nitrogens with zero attached hydrogens (tertiary/aromatic N) is 6. The van der Waals surface area contributed by atoms with Crippen LogP contribution < -0.4 is 4.74 Å². The number of hydrogen-bond donors (Lipinski definition) is 1. The van der Waals surface area contributed by atoms with E-state index in [1.807, 2.05) is 25.2 Å². The number of carboxylic acid groups (broad SMARTS) is 1. The molecule has 2 fully saturated rings. The number of ether oxygens (including phenoxy) is 2. The number of hydrogen-bond acceptors (Lipinski definition) is 8. The van der Waals surface area contributed by atoms with Gasteiger partial charge in [-0.05, 0) is 50.7 Å². The second-order valence-electron chi connectivity index (χ2n) is 9.55. The molecule has 1 aliphatic carbocycles. The maximum atomic E-state index is 11.2. The van der Waals surface area contributed by atoms with Gasteiger partial charge in [-0.1, -0.05) is 24.6 Å². The van der Waals surface area contributed by atoms with E-state index in [0.29, 0.717) is 23.3 Å². The van der Waals surface area contributed by atoms with Gasteiger partial charge >= 0.3 is 12.0 Å². The highest BCUT2D eigenvalue weighted by Gasteiger charge is 2.28. The molecule has 3 aromatic heterocycles. The largest absolute Gasteiger partial charge is 0.481 e. The van der Waals surface area contributed by atoms with E-state index in [1.54, 1.807) is 10.9 Å². The first-order valence-electron chi connectivity index (χ1n) is 12.7. The summed E-state index contributed by atoms with van der Waals surface area (Å²) in [7, 11) is 1.83. The molecule has 1 saturated heterocycles. The third-order valence-corrected chi connectivity index (χ3v) is 7.14. The highest BCUT2D eigenvalue weighted by Crippen LogP contribution is 2.36. The summed E-state index contributed by atoms with van der Waals surface area (Å²) >= 11 is 0. The molecule has 4 heterocycles. The Labute approximate surface area is 210 Å². The van der Waals surface area contributed by atoms with Gasteiger partial charge in [0.1, 0.15) is 18.0 Å². The summed E-state index contributed by atoms with van der Waals surface area (Å²) in [5.41, 5.74) is 5.12. The highest BCUT2D eigenvalue weighted by atomic mass is 16.5. The Morgan fingerprint density at radius 3 is 2.75 bits per heavy atom. The molecular formula is C26H32N6O4. The van der Waals surface area contributed by atoms with Gasteiger partial charge in [-0.3, -0.25) is 9.78 Å². The first kappa shape index (κ1) is 24.3. The normalized spacial score (nSPS) is 20.2. The van der Waals surface area contributed by atoms with Crippen LogP contribution in [0.1, 0.15) is 86.5 Å². The molecule has 0 radical (unpaired) electrons. The van der Waals surface area contributed by atoms with Crippen LogP contribution >= 0.6 is 0 Å². The fourth-order valence-corrected chi connectivity index (χ4v) is 4.92. The van der Waals surface area contributed by atoms with Crippen LogP contribution in [-0.4, -0.2) is 47.1 Å². The van der Waals surface area contributed by atoms with Crippen LogP contribution in [0.15, 0.2) is 24.4 Å². The minimum absolute atomic E-state index is 0.0275. The van der Waals surface area contributed by atoms with Crippen molar-refractivity contribution >= 4 is 5.97 Å².